The SMILES string of the molecule is C.C.C.C.CC(=O)O.CC(C)(O)CCc1ccccc1O.CC1(C)CCc2cccc(C(=O)O)c2O1.CC1(C)CCc2cccc(CO)c2O1.CC1(C)CCc2ccccc2O1.O=C1CCc2ccccc2O1.O=C=O.O=S(=O)(O)O.[AlH3].[CH2-]CCC.[CH3-].[Cl-].[H-].[Li+].[Li+].[Mg+2]. The van der Waals surface area contributed by atoms with Gasteiger partial charge in [0.1, 0.15) is 51.1 Å². The molecule has 0 amide bonds. The topological polar surface area (TPSA) is 298 Å². The first-order valence-corrected chi connectivity index (χ1v) is 27.8. The minimum absolute atomic E-state index is 0. The summed E-state index contributed by atoms with van der Waals surface area (Å²) >= 11 is 0. The number of carboxylic acid groups (broad SMARTS) is 2. The van der Waals surface area contributed by atoms with Crippen molar-refractivity contribution >= 4 is 74.9 Å². The minimum atomic E-state index is -4.67. The van der Waals surface area contributed by atoms with Crippen LogP contribution in [0.2, 0.25) is 0 Å². The summed E-state index contributed by atoms with van der Waals surface area (Å²) in [6, 6.07) is 34.4. The van der Waals surface area contributed by atoms with E-state index in [0.29, 0.717) is 30.8 Å². The number of ether oxygens (including phenoxy) is 4. The predicted octanol–water partition coefficient (Wildman–Crippen LogP) is 4.22. The van der Waals surface area contributed by atoms with Crippen LogP contribution in [0.5, 0.6) is 28.7 Å². The average Bonchev–Trinajstić information content (AvgIpc) is 2.59. The van der Waals surface area contributed by atoms with Crippen molar-refractivity contribution in [1.29, 1.82) is 0 Å². The predicted molar refractivity (Wildman–Crippen MR) is 357 cm³/mol. The van der Waals surface area contributed by atoms with E-state index in [4.69, 9.17) is 61.1 Å². The summed E-state index contributed by atoms with van der Waals surface area (Å²) < 4.78 is 54.0. The summed E-state index contributed by atoms with van der Waals surface area (Å²) in [4.78, 5) is 47.1. The molecule has 7 N–H and O–H groups in total. The van der Waals surface area contributed by atoms with Gasteiger partial charge in [-0.1, -0.05) is 128 Å². The van der Waals surface area contributed by atoms with Crippen molar-refractivity contribution in [3.63, 3.8) is 0 Å². The second-order valence-corrected chi connectivity index (χ2v) is 22.2. The van der Waals surface area contributed by atoms with Gasteiger partial charge in [0.05, 0.1) is 18.6 Å². The molecule has 5 aromatic rings. The Morgan fingerprint density at radius 2 is 1.00 bits per heavy atom. The quantitative estimate of drug-likeness (QED) is 0.0412. The van der Waals surface area contributed by atoms with Gasteiger partial charge >= 0.3 is 89.3 Å². The number of aliphatic carboxylic acids is 1. The number of carbonyl (C=O) groups excluding carboxylic acids is 3. The fourth-order valence-electron chi connectivity index (χ4n) is 7.66. The number of benzene rings is 5. The fraction of sp³-hybridized carbons (Fsp3) is 0.463. The minimum Gasteiger partial charge on any atom is -1.00 e. The zero-order valence-corrected chi connectivity index (χ0v) is 55.4. The largest absolute Gasteiger partial charge is 2.00 e. The van der Waals surface area contributed by atoms with E-state index in [-0.39, 0.29) is 170 Å². The maximum Gasteiger partial charge on any atom is 2.00 e. The molecule has 502 valence electrons. The van der Waals surface area contributed by atoms with E-state index in [1.807, 2.05) is 74.5 Å². The van der Waals surface area contributed by atoms with Gasteiger partial charge in [0.2, 0.25) is 0 Å². The third kappa shape index (κ3) is 48.1. The van der Waals surface area contributed by atoms with Gasteiger partial charge in [-0.25, -0.2) is 4.79 Å². The monoisotopic (exact) mass is 1330 g/mol. The second-order valence-electron chi connectivity index (χ2n) is 21.3. The number of aromatic hydroxyl groups is 1. The van der Waals surface area contributed by atoms with Crippen LogP contribution in [-0.2, 0) is 68.3 Å². The molecule has 0 aromatic heterocycles. The molecule has 18 nitrogen and oxygen atoms in total. The van der Waals surface area contributed by atoms with Gasteiger partial charge in [-0.2, -0.15) is 24.4 Å². The maximum atomic E-state index is 11.0. The molecule has 0 radical (unpaired) electrons. The number of aliphatic hydroxyl groups is 2. The smallest absolute Gasteiger partial charge is 1.00 e. The second kappa shape index (κ2) is 54.0. The number of rotatable bonds is 6. The Hall–Kier alpha value is -4.34. The summed E-state index contributed by atoms with van der Waals surface area (Å²) in [5.74, 6) is 1.66. The van der Waals surface area contributed by atoms with Crippen molar-refractivity contribution in [1.82, 2.24) is 0 Å². The normalized spacial score (nSPS) is 13.2. The first-order chi connectivity index (χ1) is 37.7. The first kappa shape index (κ1) is 108. The maximum absolute atomic E-state index is 11.0. The van der Waals surface area contributed by atoms with E-state index in [1.54, 1.807) is 38.1 Å². The number of hydrogen-bond acceptors (Lipinski definition) is 14. The van der Waals surface area contributed by atoms with Crippen LogP contribution in [0.25, 0.3) is 0 Å². The van der Waals surface area contributed by atoms with Crippen molar-refractivity contribution in [3.8, 4) is 28.7 Å². The van der Waals surface area contributed by atoms with Gasteiger partial charge in [-0.05, 0) is 165 Å². The van der Waals surface area contributed by atoms with Gasteiger partial charge in [0.15, 0.2) is 17.4 Å². The van der Waals surface area contributed by atoms with Crippen molar-refractivity contribution in [2.24, 2.45) is 0 Å². The summed E-state index contributed by atoms with van der Waals surface area (Å²) in [6.07, 6.45) is 11.3. The number of phenols is 1. The van der Waals surface area contributed by atoms with Crippen LogP contribution >= 0.6 is 0 Å². The molecule has 5 aromatic carbocycles. The number of phenolic OH excluding ortho intramolecular Hbond substituents is 1. The summed E-state index contributed by atoms with van der Waals surface area (Å²) in [5.41, 5.74) is 5.74. The number of unbranched alkanes of at least 4 members (excludes halogenated alkanes) is 1. The molecular formula is C67H106AlClLi2MgO18S. The molecule has 91 heavy (non-hydrogen) atoms. The number of aromatic carboxylic acids is 1. The van der Waals surface area contributed by atoms with Crippen LogP contribution in [0.3, 0.4) is 0 Å². The molecule has 0 saturated carbocycles. The number of aryl methyl sites for hydroxylation is 5. The molecule has 0 spiro atoms. The van der Waals surface area contributed by atoms with Crippen LogP contribution in [-0.4, -0.2) is 130 Å². The molecular weight excluding hydrogens is 1230 g/mol. The molecule has 9 rings (SSSR count). The summed E-state index contributed by atoms with van der Waals surface area (Å²) in [5, 5.41) is 44.5. The van der Waals surface area contributed by atoms with Crippen LogP contribution in [0, 0.1) is 14.4 Å². The molecule has 0 unspecified atom stereocenters. The van der Waals surface area contributed by atoms with Gasteiger partial charge in [-0.3, -0.25) is 18.7 Å². The van der Waals surface area contributed by atoms with E-state index in [1.165, 1.54) is 17.5 Å². The Morgan fingerprint density at radius 1 is 0.648 bits per heavy atom. The van der Waals surface area contributed by atoms with Gasteiger partial charge in [0.25, 0.3) is 5.97 Å². The van der Waals surface area contributed by atoms with E-state index < -0.39 is 27.9 Å². The third-order valence-corrected chi connectivity index (χ3v) is 11.9. The van der Waals surface area contributed by atoms with Gasteiger partial charge < -0.3 is 72.7 Å². The molecule has 0 atom stereocenters. The molecule has 0 bridgehead atoms. The Morgan fingerprint density at radius 3 is 1.43 bits per heavy atom. The number of esters is 1. The zero-order valence-electron chi connectivity index (χ0n) is 53.4. The van der Waals surface area contributed by atoms with Crippen LogP contribution < -0.4 is 69.1 Å². The number of carbonyl (C=O) groups is 3. The van der Waals surface area contributed by atoms with Crippen molar-refractivity contribution in [3.05, 3.63) is 162 Å². The fourth-order valence-corrected chi connectivity index (χ4v) is 7.66. The third-order valence-electron chi connectivity index (χ3n) is 11.9. The Labute approximate surface area is 603 Å². The van der Waals surface area contributed by atoms with E-state index >= 15 is 0 Å². The van der Waals surface area contributed by atoms with Gasteiger partial charge in [-0.15, -0.1) is 0 Å². The first-order valence-electron chi connectivity index (χ1n) is 26.4. The Kier molecular flexibility index (Phi) is 64.2. The summed E-state index contributed by atoms with van der Waals surface area (Å²) in [7, 11) is -4.67. The number of halogens is 1. The van der Waals surface area contributed by atoms with E-state index in [0.717, 1.165) is 97.8 Å². The molecule has 4 heterocycles. The van der Waals surface area contributed by atoms with Gasteiger partial charge in [0, 0.05) is 12.5 Å². The zero-order chi connectivity index (χ0) is 61.6. The Balaban J connectivity index is -0.0000000911. The number of fused-ring (bicyclic) bond motifs is 4. The van der Waals surface area contributed by atoms with E-state index in [2.05, 4.69) is 65.8 Å². The number of aliphatic hydroxyl groups excluding tert-OH is 1. The Bertz CT molecular complexity index is 2900. The summed E-state index contributed by atoms with van der Waals surface area (Å²) in [6.45, 7) is 22.8. The number of para-hydroxylation sites is 5. The molecule has 4 aliphatic heterocycles. The van der Waals surface area contributed by atoms with Crippen LogP contribution in [0.15, 0.2) is 109 Å². The number of hydrogen-bond donors (Lipinski definition) is 7. The van der Waals surface area contributed by atoms with E-state index in [9.17, 15) is 24.9 Å². The van der Waals surface area contributed by atoms with Crippen molar-refractivity contribution in [2.75, 3.05) is 0 Å². The average molecular weight is 1330 g/mol. The van der Waals surface area contributed by atoms with Crippen LogP contribution in [0.1, 0.15) is 189 Å². The van der Waals surface area contributed by atoms with Crippen molar-refractivity contribution < 1.29 is 138 Å². The molecule has 0 aliphatic carbocycles. The molecule has 0 saturated heterocycles. The van der Waals surface area contributed by atoms with Crippen LogP contribution in [0.4, 0.5) is 0 Å². The standard InChI is InChI=1S/C12H14O3.C12H16O2.C11H16O2.C11H14O.C9H8O2.C4H9.C2H4O2.CO2.4CH4.CH3.Al.ClH.2Li.Mg.H2O4S.4H/c1-12(2)7-6-8-4-3-5-9(11(13)14)10(8)15-12;1-12(2)7-6-9-4-3-5-10(8-13)11(9)14-12;1-11(2,13)8-7-9-5-3-4-6-10(9)12;1-11(2)8-7-9-5-3-4-6-10(9)12-11;10-9-6-5-7-3-1-2-4-8(7)11-9;1-3-4-2;1-2(3)4;2-1-3;;;;;;;;;;;1-5(2,3)4;;;;/h3-5H,6-7H2,1-2H3,(H,13,14);3-5,13H,6-8H2,1-2H3;3-6,12-13H,7-8H2,1-2H3;3-6H,7-8H2,1-2H3;1-4H,5-6H2;1,3-4H2,2H3;1H3,(H,3,4);;4*1H4;1H3;;1H;;;;(H2,1,2,3,4);;;;/q;;;;;-1;;;;;;;-1;;;2*+1;+2;;;;;-1/p-1. The molecule has 0 fully saturated rings. The van der Waals surface area contributed by atoms with Crippen molar-refractivity contribution in [2.45, 2.75) is 205 Å². The molecule has 4 aliphatic rings. The molecule has 24 heteroatoms. The number of carboxylic acids is 2.